The molecule has 0 saturated carbocycles. The van der Waals surface area contributed by atoms with E-state index in [9.17, 15) is 4.79 Å². The molecular weight excluding hydrogens is 312 g/mol. The van der Waals surface area contributed by atoms with E-state index in [1.807, 2.05) is 6.92 Å². The molecule has 1 aromatic carbocycles. The number of amides is 1. The van der Waals surface area contributed by atoms with E-state index in [4.69, 9.17) is 0 Å². The summed E-state index contributed by atoms with van der Waals surface area (Å²) in [4.78, 5) is 25.1. The number of carbonyl (C=O) groups is 1. The van der Waals surface area contributed by atoms with Gasteiger partial charge < -0.3 is 5.32 Å². The van der Waals surface area contributed by atoms with Crippen molar-refractivity contribution in [2.75, 3.05) is 5.32 Å². The van der Waals surface area contributed by atoms with Crippen molar-refractivity contribution >= 4 is 11.7 Å². The van der Waals surface area contributed by atoms with Gasteiger partial charge in [-0.15, -0.1) is 0 Å². The van der Waals surface area contributed by atoms with E-state index in [0.29, 0.717) is 11.4 Å². The highest BCUT2D eigenvalue weighted by Gasteiger charge is 2.11. The van der Waals surface area contributed by atoms with Gasteiger partial charge in [-0.2, -0.15) is 0 Å². The SMILES string of the molecule is CCc1ccc(C)cc1-c1cnc(NC(=O)c2cnccc2C)cn1. The average molecular weight is 332 g/mol. The first kappa shape index (κ1) is 16.8. The summed E-state index contributed by atoms with van der Waals surface area (Å²) in [6.45, 7) is 6.04. The van der Waals surface area contributed by atoms with Gasteiger partial charge in [-0.05, 0) is 43.5 Å². The maximum absolute atomic E-state index is 12.3. The minimum absolute atomic E-state index is 0.238. The Hall–Kier alpha value is -3.08. The van der Waals surface area contributed by atoms with Crippen LogP contribution < -0.4 is 5.32 Å². The third kappa shape index (κ3) is 3.71. The fraction of sp³-hybridized carbons (Fsp3) is 0.200. The van der Waals surface area contributed by atoms with E-state index in [1.165, 1.54) is 11.1 Å². The summed E-state index contributed by atoms with van der Waals surface area (Å²) in [6.07, 6.45) is 7.41. The van der Waals surface area contributed by atoms with Gasteiger partial charge in [0.25, 0.3) is 5.91 Å². The topological polar surface area (TPSA) is 67.8 Å². The molecule has 0 aliphatic rings. The van der Waals surface area contributed by atoms with Crippen LogP contribution >= 0.6 is 0 Å². The molecule has 0 atom stereocenters. The van der Waals surface area contributed by atoms with Crippen LogP contribution in [0.15, 0.2) is 49.1 Å². The van der Waals surface area contributed by atoms with Crippen LogP contribution in [0.4, 0.5) is 5.82 Å². The number of rotatable bonds is 4. The lowest BCUT2D eigenvalue weighted by atomic mass is 10.0. The first-order valence-corrected chi connectivity index (χ1v) is 8.22. The molecule has 3 rings (SSSR count). The summed E-state index contributed by atoms with van der Waals surface area (Å²) in [7, 11) is 0. The molecule has 0 unspecified atom stereocenters. The van der Waals surface area contributed by atoms with E-state index in [0.717, 1.165) is 23.2 Å². The van der Waals surface area contributed by atoms with Gasteiger partial charge in [0.2, 0.25) is 0 Å². The Balaban J connectivity index is 1.83. The molecule has 0 aliphatic carbocycles. The molecule has 1 amide bonds. The summed E-state index contributed by atoms with van der Waals surface area (Å²) >= 11 is 0. The third-order valence-electron chi connectivity index (χ3n) is 4.10. The second-order valence-corrected chi connectivity index (χ2v) is 5.95. The van der Waals surface area contributed by atoms with Crippen molar-refractivity contribution in [2.45, 2.75) is 27.2 Å². The average Bonchev–Trinajstić information content (AvgIpc) is 2.62. The summed E-state index contributed by atoms with van der Waals surface area (Å²) in [5.74, 6) is 0.181. The van der Waals surface area contributed by atoms with E-state index in [2.05, 4.69) is 52.3 Å². The molecule has 5 nitrogen and oxygen atoms in total. The van der Waals surface area contributed by atoms with Crippen LogP contribution in [0.1, 0.15) is 34.0 Å². The molecule has 0 spiro atoms. The lowest BCUT2D eigenvalue weighted by Gasteiger charge is -2.10. The van der Waals surface area contributed by atoms with E-state index >= 15 is 0 Å². The van der Waals surface area contributed by atoms with Gasteiger partial charge in [0, 0.05) is 18.0 Å². The number of hydrogen-bond donors (Lipinski definition) is 1. The molecule has 0 aliphatic heterocycles. The summed E-state index contributed by atoms with van der Waals surface area (Å²) in [5.41, 5.74) is 5.68. The molecule has 126 valence electrons. The third-order valence-corrected chi connectivity index (χ3v) is 4.10. The van der Waals surface area contributed by atoms with Crippen LogP contribution in [-0.4, -0.2) is 20.9 Å². The number of aromatic nitrogens is 3. The monoisotopic (exact) mass is 332 g/mol. The standard InChI is InChI=1S/C20H20N4O/c1-4-15-6-5-13(2)9-16(15)18-11-23-19(12-22-18)24-20(25)17-10-21-8-7-14(17)3/h5-12H,4H2,1-3H3,(H,23,24,25). The Labute approximate surface area is 147 Å². The Bertz CT molecular complexity index is 904. The maximum Gasteiger partial charge on any atom is 0.258 e. The number of carbonyl (C=O) groups excluding carboxylic acids is 1. The number of pyridine rings is 1. The predicted molar refractivity (Wildman–Crippen MR) is 98.5 cm³/mol. The van der Waals surface area contributed by atoms with Gasteiger partial charge in [0.1, 0.15) is 0 Å². The Morgan fingerprint density at radius 1 is 1.08 bits per heavy atom. The minimum atomic E-state index is -0.238. The quantitative estimate of drug-likeness (QED) is 0.785. The van der Waals surface area contributed by atoms with E-state index in [1.54, 1.807) is 30.9 Å². The zero-order valence-corrected chi connectivity index (χ0v) is 14.6. The summed E-state index contributed by atoms with van der Waals surface area (Å²) in [6, 6.07) is 8.13. The molecule has 0 saturated heterocycles. The zero-order valence-electron chi connectivity index (χ0n) is 14.6. The van der Waals surface area contributed by atoms with Crippen molar-refractivity contribution in [3.05, 3.63) is 71.3 Å². The second-order valence-electron chi connectivity index (χ2n) is 5.95. The second kappa shape index (κ2) is 7.21. The van der Waals surface area contributed by atoms with Crippen molar-refractivity contribution in [1.29, 1.82) is 0 Å². The van der Waals surface area contributed by atoms with Gasteiger partial charge >= 0.3 is 0 Å². The van der Waals surface area contributed by atoms with Gasteiger partial charge in [-0.1, -0.05) is 24.6 Å². The molecule has 0 fully saturated rings. The first-order chi connectivity index (χ1) is 12.1. The molecule has 0 radical (unpaired) electrons. The number of hydrogen-bond acceptors (Lipinski definition) is 4. The normalized spacial score (nSPS) is 10.5. The lowest BCUT2D eigenvalue weighted by Crippen LogP contribution is -2.14. The molecule has 3 aromatic rings. The zero-order chi connectivity index (χ0) is 17.8. The van der Waals surface area contributed by atoms with Crippen LogP contribution in [0.25, 0.3) is 11.3 Å². The smallest absolute Gasteiger partial charge is 0.258 e. The largest absolute Gasteiger partial charge is 0.305 e. The van der Waals surface area contributed by atoms with Crippen LogP contribution in [0.3, 0.4) is 0 Å². The van der Waals surface area contributed by atoms with Gasteiger partial charge in [0.05, 0.1) is 23.7 Å². The van der Waals surface area contributed by atoms with Crippen LogP contribution in [-0.2, 0) is 6.42 Å². The highest BCUT2D eigenvalue weighted by Crippen LogP contribution is 2.23. The van der Waals surface area contributed by atoms with E-state index in [-0.39, 0.29) is 5.91 Å². The Morgan fingerprint density at radius 3 is 2.60 bits per heavy atom. The number of nitrogens with zero attached hydrogens (tertiary/aromatic N) is 3. The molecule has 2 aromatic heterocycles. The Morgan fingerprint density at radius 2 is 1.92 bits per heavy atom. The fourth-order valence-electron chi connectivity index (χ4n) is 2.65. The van der Waals surface area contributed by atoms with Crippen LogP contribution in [0.5, 0.6) is 0 Å². The maximum atomic E-state index is 12.3. The van der Waals surface area contributed by atoms with E-state index < -0.39 is 0 Å². The van der Waals surface area contributed by atoms with Crippen molar-refractivity contribution in [1.82, 2.24) is 15.0 Å². The van der Waals surface area contributed by atoms with Crippen LogP contribution in [0.2, 0.25) is 0 Å². The van der Waals surface area contributed by atoms with Crippen molar-refractivity contribution in [3.8, 4) is 11.3 Å². The number of anilines is 1. The van der Waals surface area contributed by atoms with Gasteiger partial charge in [-0.25, -0.2) is 4.98 Å². The number of aryl methyl sites for hydroxylation is 3. The van der Waals surface area contributed by atoms with Crippen molar-refractivity contribution in [2.24, 2.45) is 0 Å². The predicted octanol–water partition coefficient (Wildman–Crippen LogP) is 3.97. The molecule has 5 heteroatoms. The highest BCUT2D eigenvalue weighted by molar-refractivity contribution is 6.04. The molecule has 25 heavy (non-hydrogen) atoms. The minimum Gasteiger partial charge on any atom is -0.305 e. The van der Waals surface area contributed by atoms with Crippen molar-refractivity contribution in [3.63, 3.8) is 0 Å². The number of benzene rings is 1. The molecular formula is C20H20N4O. The van der Waals surface area contributed by atoms with Gasteiger partial charge in [0.15, 0.2) is 5.82 Å². The summed E-state index contributed by atoms with van der Waals surface area (Å²) < 4.78 is 0. The first-order valence-electron chi connectivity index (χ1n) is 8.22. The van der Waals surface area contributed by atoms with Crippen LogP contribution in [0, 0.1) is 13.8 Å². The molecule has 1 N–H and O–H groups in total. The van der Waals surface area contributed by atoms with Gasteiger partial charge in [-0.3, -0.25) is 14.8 Å². The number of nitrogens with one attached hydrogen (secondary N) is 1. The Kier molecular flexibility index (Phi) is 4.84. The van der Waals surface area contributed by atoms with Crippen molar-refractivity contribution < 1.29 is 4.79 Å². The highest BCUT2D eigenvalue weighted by atomic mass is 16.1. The lowest BCUT2D eigenvalue weighted by molar-refractivity contribution is 0.102. The molecule has 2 heterocycles. The molecule has 0 bridgehead atoms. The fourth-order valence-corrected chi connectivity index (χ4v) is 2.65. The summed E-state index contributed by atoms with van der Waals surface area (Å²) in [5, 5.41) is 2.77.